The number of para-hydroxylation sites is 2. The Bertz CT molecular complexity index is 3480. The zero-order valence-electron chi connectivity index (χ0n) is 32.6. The summed E-state index contributed by atoms with van der Waals surface area (Å²) >= 11 is 0. The molecule has 0 radical (unpaired) electrons. The summed E-state index contributed by atoms with van der Waals surface area (Å²) in [6, 6.07) is 62.3. The highest BCUT2D eigenvalue weighted by Crippen LogP contribution is 2.63. The van der Waals surface area contributed by atoms with E-state index in [2.05, 4.69) is 180 Å². The number of fused-ring (bicyclic) bond motifs is 17. The van der Waals surface area contributed by atoms with Gasteiger partial charge in [0.1, 0.15) is 23.0 Å². The van der Waals surface area contributed by atoms with Gasteiger partial charge in [-0.05, 0) is 110 Å². The van der Waals surface area contributed by atoms with Crippen molar-refractivity contribution in [2.24, 2.45) is 0 Å². The Labute approximate surface area is 347 Å². The molecule has 278 valence electrons. The quantitative estimate of drug-likeness (QED) is 0.165. The number of nitrogens with zero attached hydrogens (tertiary/aromatic N) is 2. The first kappa shape index (κ1) is 32.3. The molecule has 4 nitrogen and oxygen atoms in total. The summed E-state index contributed by atoms with van der Waals surface area (Å²) in [4.78, 5) is 4.49. The molecule has 5 heteroatoms. The number of aromatic nitrogens is 2. The molecule has 14 rings (SSSR count). The minimum atomic E-state index is -0.547. The zero-order chi connectivity index (χ0) is 39.3. The summed E-state index contributed by atoms with van der Waals surface area (Å²) in [5.74, 6) is 3.42. The second-order valence-corrected chi connectivity index (χ2v) is 16.7. The normalized spacial score (nSPS) is 15.7. The molecular formula is C55H33BN2O2. The summed E-state index contributed by atoms with van der Waals surface area (Å²) in [5, 5.41) is 2.43. The van der Waals surface area contributed by atoms with Gasteiger partial charge in [-0.2, -0.15) is 0 Å². The van der Waals surface area contributed by atoms with Crippen molar-refractivity contribution in [3.05, 3.63) is 210 Å². The molecule has 1 atom stereocenters. The van der Waals surface area contributed by atoms with E-state index in [0.717, 1.165) is 67.2 Å². The van der Waals surface area contributed by atoms with E-state index >= 15 is 0 Å². The van der Waals surface area contributed by atoms with Crippen molar-refractivity contribution < 1.29 is 9.47 Å². The number of benzene rings is 8. The zero-order valence-corrected chi connectivity index (χ0v) is 32.6. The van der Waals surface area contributed by atoms with Gasteiger partial charge in [-0.25, -0.2) is 0 Å². The lowest BCUT2D eigenvalue weighted by molar-refractivity contribution is 0.463. The van der Waals surface area contributed by atoms with Gasteiger partial charge in [-0.1, -0.05) is 127 Å². The molecule has 60 heavy (non-hydrogen) atoms. The highest BCUT2D eigenvalue weighted by Gasteiger charge is 2.53. The van der Waals surface area contributed by atoms with E-state index in [-0.39, 0.29) is 6.71 Å². The summed E-state index contributed by atoms with van der Waals surface area (Å²) in [6.07, 6.45) is 3.80. The Morgan fingerprint density at radius 3 is 1.85 bits per heavy atom. The molecular weight excluding hydrogens is 731 g/mol. The average Bonchev–Trinajstić information content (AvgIpc) is 3.90. The third-order valence-electron chi connectivity index (χ3n) is 13.7. The second-order valence-electron chi connectivity index (χ2n) is 16.7. The van der Waals surface area contributed by atoms with E-state index < -0.39 is 5.41 Å². The van der Waals surface area contributed by atoms with Crippen LogP contribution in [0.5, 0.6) is 23.0 Å². The van der Waals surface area contributed by atoms with Crippen LogP contribution >= 0.6 is 0 Å². The SMILES string of the molecule is Cc1ccc2c(c1)B1c3cc4c(cc3Oc3cc(-n5c6ccccc6c6ccccc65)cc(c31)O2)[C@]1(c2ccccc2-c2ccc(-c3cccnc3)cc21)c1ccccc1-4. The Kier molecular flexibility index (Phi) is 6.21. The van der Waals surface area contributed by atoms with Gasteiger partial charge in [-0.15, -0.1) is 0 Å². The number of pyridine rings is 1. The van der Waals surface area contributed by atoms with Crippen molar-refractivity contribution in [3.8, 4) is 62.1 Å². The maximum atomic E-state index is 7.33. The largest absolute Gasteiger partial charge is 0.458 e. The summed E-state index contributed by atoms with van der Waals surface area (Å²) in [7, 11) is 0. The van der Waals surface area contributed by atoms with Crippen LogP contribution in [0.15, 0.2) is 182 Å². The lowest BCUT2D eigenvalue weighted by atomic mass is 9.34. The minimum Gasteiger partial charge on any atom is -0.458 e. The summed E-state index contributed by atoms with van der Waals surface area (Å²) in [5.41, 5.74) is 19.8. The first-order chi connectivity index (χ1) is 29.6. The molecule has 10 aromatic rings. The molecule has 0 unspecified atom stereocenters. The Hall–Kier alpha value is -7.63. The van der Waals surface area contributed by atoms with Gasteiger partial charge >= 0.3 is 0 Å². The number of ether oxygens (including phenoxy) is 2. The van der Waals surface area contributed by atoms with Crippen molar-refractivity contribution >= 4 is 44.9 Å². The van der Waals surface area contributed by atoms with Crippen molar-refractivity contribution in [3.63, 3.8) is 0 Å². The van der Waals surface area contributed by atoms with Crippen LogP contribution in [-0.2, 0) is 5.41 Å². The van der Waals surface area contributed by atoms with E-state index in [4.69, 9.17) is 9.47 Å². The smallest absolute Gasteiger partial charge is 0.260 e. The van der Waals surface area contributed by atoms with Crippen LogP contribution in [0.3, 0.4) is 0 Å². The van der Waals surface area contributed by atoms with Gasteiger partial charge in [0.15, 0.2) is 0 Å². The molecule has 0 saturated heterocycles. The van der Waals surface area contributed by atoms with E-state index in [9.17, 15) is 0 Å². The topological polar surface area (TPSA) is 36.3 Å². The fourth-order valence-electron chi connectivity index (χ4n) is 11.3. The molecule has 1 spiro atoms. The average molecular weight is 765 g/mol. The lowest BCUT2D eigenvalue weighted by Gasteiger charge is -2.35. The third-order valence-corrected chi connectivity index (χ3v) is 13.7. The van der Waals surface area contributed by atoms with Crippen LogP contribution in [0.25, 0.3) is 60.9 Å². The van der Waals surface area contributed by atoms with E-state index in [1.54, 1.807) is 0 Å². The Morgan fingerprint density at radius 1 is 0.483 bits per heavy atom. The highest BCUT2D eigenvalue weighted by atomic mass is 16.5. The standard InChI is InChI=1S/C55H33BN2O2/c1-32-20-23-50-46(25-32)56-47-29-41-37-13-3-7-17-43(37)55(42-16-6-2-12-36(42)38-22-21-33(26-44(38)55)34-11-10-24-57-31-34)45(41)30-51(47)60-53-28-35(27-52(59-50)54(53)56)58-48-18-8-4-14-39(48)40-15-5-9-19-49(40)58/h2-31H,1H3/t55-/m1/s1. The molecule has 4 aliphatic rings. The van der Waals surface area contributed by atoms with Gasteiger partial charge in [0.25, 0.3) is 6.71 Å². The molecule has 4 heterocycles. The van der Waals surface area contributed by atoms with Crippen LogP contribution in [-0.4, -0.2) is 16.3 Å². The lowest BCUT2D eigenvalue weighted by Crippen LogP contribution is -2.57. The van der Waals surface area contributed by atoms with Crippen LogP contribution < -0.4 is 25.9 Å². The minimum absolute atomic E-state index is 0.0797. The van der Waals surface area contributed by atoms with Crippen molar-refractivity contribution in [2.75, 3.05) is 0 Å². The number of hydrogen-bond acceptors (Lipinski definition) is 3. The van der Waals surface area contributed by atoms with E-state index in [1.807, 2.05) is 18.5 Å². The fourth-order valence-corrected chi connectivity index (χ4v) is 11.3. The molecule has 0 saturated carbocycles. The molecule has 2 aromatic heterocycles. The molecule has 8 aromatic carbocycles. The Morgan fingerprint density at radius 2 is 1.12 bits per heavy atom. The molecule has 2 aliphatic heterocycles. The van der Waals surface area contributed by atoms with Gasteiger partial charge in [0.2, 0.25) is 0 Å². The first-order valence-corrected chi connectivity index (χ1v) is 20.7. The first-order valence-electron chi connectivity index (χ1n) is 20.7. The predicted octanol–water partition coefficient (Wildman–Crippen LogP) is 11.2. The van der Waals surface area contributed by atoms with Crippen LogP contribution in [0, 0.1) is 6.92 Å². The van der Waals surface area contributed by atoms with E-state index in [0.29, 0.717) is 0 Å². The summed E-state index contributed by atoms with van der Waals surface area (Å²) in [6.45, 7) is 2.09. The van der Waals surface area contributed by atoms with Crippen LogP contribution in [0.4, 0.5) is 0 Å². The predicted molar refractivity (Wildman–Crippen MR) is 243 cm³/mol. The Balaban J connectivity index is 1.05. The highest BCUT2D eigenvalue weighted by molar-refractivity contribution is 6.98. The number of aryl methyl sites for hydroxylation is 1. The maximum Gasteiger partial charge on any atom is 0.260 e. The van der Waals surface area contributed by atoms with Gasteiger partial charge in [0.05, 0.1) is 22.1 Å². The third kappa shape index (κ3) is 4.04. The monoisotopic (exact) mass is 764 g/mol. The van der Waals surface area contributed by atoms with Crippen molar-refractivity contribution in [2.45, 2.75) is 12.3 Å². The molecule has 0 amide bonds. The van der Waals surface area contributed by atoms with Gasteiger partial charge in [-0.3, -0.25) is 4.98 Å². The van der Waals surface area contributed by atoms with Crippen molar-refractivity contribution in [1.82, 2.24) is 9.55 Å². The molecule has 0 N–H and O–H groups in total. The second kappa shape index (κ2) is 11.5. The van der Waals surface area contributed by atoms with Gasteiger partial charge in [0, 0.05) is 40.8 Å². The molecule has 0 fully saturated rings. The maximum absolute atomic E-state index is 7.33. The van der Waals surface area contributed by atoms with Gasteiger partial charge < -0.3 is 14.0 Å². The molecule has 2 aliphatic carbocycles. The number of rotatable bonds is 2. The van der Waals surface area contributed by atoms with Crippen LogP contribution in [0.2, 0.25) is 0 Å². The van der Waals surface area contributed by atoms with Crippen LogP contribution in [0.1, 0.15) is 27.8 Å². The molecule has 0 bridgehead atoms. The fraction of sp³-hybridized carbons (Fsp3) is 0.0364. The summed E-state index contributed by atoms with van der Waals surface area (Å²) < 4.78 is 16.6. The van der Waals surface area contributed by atoms with Crippen molar-refractivity contribution in [1.29, 1.82) is 0 Å². The number of hydrogen-bond donors (Lipinski definition) is 0. The van der Waals surface area contributed by atoms with E-state index in [1.165, 1.54) is 60.8 Å².